The number of hydrogen-bond donors (Lipinski definition) is 1. The third-order valence-electron chi connectivity index (χ3n) is 1.21. The van der Waals surface area contributed by atoms with Gasteiger partial charge in [0, 0.05) is 19.8 Å². The Labute approximate surface area is 63.9 Å². The van der Waals surface area contributed by atoms with Crippen molar-refractivity contribution in [3.05, 3.63) is 12.3 Å². The molecular weight excluding hydrogens is 124 g/mol. The molecule has 0 atom stereocenters. The molecule has 0 unspecified atom stereocenters. The molecule has 0 heterocycles. The van der Waals surface area contributed by atoms with Crippen molar-refractivity contribution in [2.45, 2.75) is 26.2 Å². The summed E-state index contributed by atoms with van der Waals surface area (Å²) in [6.07, 6.45) is 3.53. The first-order chi connectivity index (χ1) is 4.66. The Balaban J connectivity index is 3.26. The van der Waals surface area contributed by atoms with E-state index in [2.05, 4.69) is 18.9 Å². The third-order valence-corrected chi connectivity index (χ3v) is 1.21. The van der Waals surface area contributed by atoms with Gasteiger partial charge in [-0.3, -0.25) is 0 Å². The predicted octanol–water partition coefficient (Wildman–Crippen LogP) is 1.76. The zero-order chi connectivity index (χ0) is 7.98. The zero-order valence-electron chi connectivity index (χ0n) is 7.28. The lowest BCUT2D eigenvalue weighted by molar-refractivity contribution is 0.321. The normalized spacial score (nSPS) is 10.0. The summed E-state index contributed by atoms with van der Waals surface area (Å²) in [6.45, 7) is 6.06. The van der Waals surface area contributed by atoms with E-state index in [1.54, 1.807) is 0 Å². The first-order valence-corrected chi connectivity index (χ1v) is 3.78. The number of hydrogen-bond acceptors (Lipinski definition) is 2. The molecule has 10 heavy (non-hydrogen) atoms. The highest BCUT2D eigenvalue weighted by molar-refractivity contribution is 4.88. The Kier molecular flexibility index (Phi) is 5.03. The second-order valence-corrected chi connectivity index (χ2v) is 2.71. The fourth-order valence-corrected chi connectivity index (χ4v) is 0.762. The minimum atomic E-state index is 1.08. The molecule has 0 aliphatic rings. The molecule has 0 saturated heterocycles. The van der Waals surface area contributed by atoms with Gasteiger partial charge < -0.3 is 5.43 Å². The molecule has 0 bridgehead atoms. The highest BCUT2D eigenvalue weighted by Crippen LogP contribution is 2.00. The summed E-state index contributed by atoms with van der Waals surface area (Å²) in [7, 11) is 3.94. The average Bonchev–Trinajstić information content (AvgIpc) is 1.82. The van der Waals surface area contributed by atoms with Gasteiger partial charge in [0.25, 0.3) is 0 Å². The van der Waals surface area contributed by atoms with Crippen LogP contribution in [-0.2, 0) is 0 Å². The quantitative estimate of drug-likeness (QED) is 0.588. The lowest BCUT2D eigenvalue weighted by Gasteiger charge is -2.14. The van der Waals surface area contributed by atoms with Crippen LogP contribution < -0.4 is 5.43 Å². The first kappa shape index (κ1) is 9.50. The van der Waals surface area contributed by atoms with Gasteiger partial charge >= 0.3 is 0 Å². The molecule has 0 rings (SSSR count). The smallest absolute Gasteiger partial charge is 0.0192 e. The number of hydrazine groups is 1. The maximum atomic E-state index is 3.88. The SMILES string of the molecule is C=C(CCCC)NN(C)C. The molecule has 0 aromatic carbocycles. The van der Waals surface area contributed by atoms with Crippen molar-refractivity contribution in [1.29, 1.82) is 0 Å². The molecule has 0 aliphatic carbocycles. The largest absolute Gasteiger partial charge is 0.324 e. The van der Waals surface area contributed by atoms with Gasteiger partial charge in [0.15, 0.2) is 0 Å². The van der Waals surface area contributed by atoms with Crippen molar-refractivity contribution >= 4 is 0 Å². The van der Waals surface area contributed by atoms with Crippen molar-refractivity contribution in [1.82, 2.24) is 10.4 Å². The van der Waals surface area contributed by atoms with Crippen LogP contribution in [0, 0.1) is 0 Å². The second-order valence-electron chi connectivity index (χ2n) is 2.71. The fourth-order valence-electron chi connectivity index (χ4n) is 0.762. The molecule has 0 aromatic rings. The van der Waals surface area contributed by atoms with E-state index in [1.807, 2.05) is 19.1 Å². The van der Waals surface area contributed by atoms with Crippen LogP contribution in [0.5, 0.6) is 0 Å². The zero-order valence-corrected chi connectivity index (χ0v) is 7.28. The molecule has 1 N–H and O–H groups in total. The number of unbranched alkanes of at least 4 members (excludes halogenated alkanes) is 1. The molecule has 0 fully saturated rings. The van der Waals surface area contributed by atoms with Gasteiger partial charge in [0.1, 0.15) is 0 Å². The summed E-state index contributed by atoms with van der Waals surface area (Å²) in [5.41, 5.74) is 4.22. The third kappa shape index (κ3) is 5.63. The monoisotopic (exact) mass is 142 g/mol. The molecule has 2 nitrogen and oxygen atoms in total. The first-order valence-electron chi connectivity index (χ1n) is 3.78. The van der Waals surface area contributed by atoms with Crippen molar-refractivity contribution in [3.8, 4) is 0 Å². The molecular formula is C8H18N2. The van der Waals surface area contributed by atoms with Gasteiger partial charge in [0.2, 0.25) is 0 Å². The Morgan fingerprint density at radius 1 is 1.50 bits per heavy atom. The van der Waals surface area contributed by atoms with Crippen molar-refractivity contribution in [2.75, 3.05) is 14.1 Å². The van der Waals surface area contributed by atoms with Crippen LogP contribution in [0.25, 0.3) is 0 Å². The lowest BCUT2D eigenvalue weighted by atomic mass is 10.2. The van der Waals surface area contributed by atoms with Gasteiger partial charge in [-0.15, -0.1) is 0 Å². The topological polar surface area (TPSA) is 15.3 Å². The van der Waals surface area contributed by atoms with Gasteiger partial charge in [-0.25, -0.2) is 5.01 Å². The summed E-state index contributed by atoms with van der Waals surface area (Å²) in [5.74, 6) is 0. The molecule has 0 radical (unpaired) electrons. The molecule has 2 heteroatoms. The van der Waals surface area contributed by atoms with Crippen LogP contribution >= 0.6 is 0 Å². The minimum Gasteiger partial charge on any atom is -0.324 e. The van der Waals surface area contributed by atoms with Crippen LogP contribution in [0.1, 0.15) is 26.2 Å². The maximum Gasteiger partial charge on any atom is 0.0192 e. The molecule has 0 aliphatic heterocycles. The molecule has 60 valence electrons. The maximum absolute atomic E-state index is 3.88. The number of nitrogens with one attached hydrogen (secondary N) is 1. The van der Waals surface area contributed by atoms with Crippen molar-refractivity contribution in [3.63, 3.8) is 0 Å². The van der Waals surface area contributed by atoms with E-state index in [0.29, 0.717) is 0 Å². The Hall–Kier alpha value is -0.500. The molecule has 0 aromatic heterocycles. The van der Waals surface area contributed by atoms with Crippen LogP contribution in [0.2, 0.25) is 0 Å². The summed E-state index contributed by atoms with van der Waals surface area (Å²) >= 11 is 0. The number of rotatable bonds is 5. The van der Waals surface area contributed by atoms with E-state index < -0.39 is 0 Å². The second kappa shape index (κ2) is 5.30. The van der Waals surface area contributed by atoms with E-state index in [1.165, 1.54) is 12.8 Å². The molecule has 0 saturated carbocycles. The Bertz CT molecular complexity index is 97.4. The highest BCUT2D eigenvalue weighted by atomic mass is 15.5. The van der Waals surface area contributed by atoms with Crippen LogP contribution in [0.15, 0.2) is 12.3 Å². The van der Waals surface area contributed by atoms with Gasteiger partial charge in [-0.1, -0.05) is 19.9 Å². The summed E-state index contributed by atoms with van der Waals surface area (Å²) < 4.78 is 0. The van der Waals surface area contributed by atoms with Gasteiger partial charge in [0.05, 0.1) is 0 Å². The van der Waals surface area contributed by atoms with Gasteiger partial charge in [-0.2, -0.15) is 0 Å². The average molecular weight is 142 g/mol. The molecule has 0 amide bonds. The number of nitrogens with zero attached hydrogens (tertiary/aromatic N) is 1. The van der Waals surface area contributed by atoms with Gasteiger partial charge in [-0.05, 0) is 12.8 Å². The van der Waals surface area contributed by atoms with Crippen molar-refractivity contribution < 1.29 is 0 Å². The minimum absolute atomic E-state index is 1.08. The van der Waals surface area contributed by atoms with E-state index in [9.17, 15) is 0 Å². The van der Waals surface area contributed by atoms with E-state index >= 15 is 0 Å². The predicted molar refractivity (Wildman–Crippen MR) is 45.5 cm³/mol. The summed E-state index contributed by atoms with van der Waals surface area (Å²) in [6, 6.07) is 0. The fraction of sp³-hybridized carbons (Fsp3) is 0.750. The van der Waals surface area contributed by atoms with E-state index in [4.69, 9.17) is 0 Å². The summed E-state index contributed by atoms with van der Waals surface area (Å²) in [5, 5.41) is 1.91. The highest BCUT2D eigenvalue weighted by Gasteiger charge is 1.92. The van der Waals surface area contributed by atoms with Crippen LogP contribution in [-0.4, -0.2) is 19.1 Å². The van der Waals surface area contributed by atoms with E-state index in [0.717, 1.165) is 12.1 Å². The van der Waals surface area contributed by atoms with Crippen LogP contribution in [0.3, 0.4) is 0 Å². The Morgan fingerprint density at radius 2 is 2.10 bits per heavy atom. The standard InChI is InChI=1S/C8H18N2/c1-5-6-7-8(2)9-10(3)4/h9H,2,5-7H2,1,3-4H3. The Morgan fingerprint density at radius 3 is 2.50 bits per heavy atom. The lowest BCUT2D eigenvalue weighted by Crippen LogP contribution is -2.28. The van der Waals surface area contributed by atoms with E-state index in [-0.39, 0.29) is 0 Å². The van der Waals surface area contributed by atoms with Crippen LogP contribution in [0.4, 0.5) is 0 Å². The number of allylic oxidation sites excluding steroid dienone is 1. The summed E-state index contributed by atoms with van der Waals surface area (Å²) in [4.78, 5) is 0. The van der Waals surface area contributed by atoms with Crippen molar-refractivity contribution in [2.24, 2.45) is 0 Å². The molecule has 0 spiro atoms.